The van der Waals surface area contributed by atoms with Gasteiger partial charge in [-0.3, -0.25) is 0 Å². The summed E-state index contributed by atoms with van der Waals surface area (Å²) >= 11 is 0.0603. The van der Waals surface area contributed by atoms with Crippen LogP contribution in [0.4, 0.5) is 0 Å². The van der Waals surface area contributed by atoms with E-state index in [1.54, 1.807) is 10.8 Å². The number of quaternary nitrogens is 1. The molecule has 136 valence electrons. The van der Waals surface area contributed by atoms with Crippen molar-refractivity contribution in [2.75, 3.05) is 0 Å². The van der Waals surface area contributed by atoms with Crippen LogP contribution in [-0.4, -0.2) is 75.0 Å². The molecule has 3 heterocycles. The first kappa shape index (κ1) is 18.2. The van der Waals surface area contributed by atoms with Crippen LogP contribution in [0.1, 0.15) is 12.6 Å². The van der Waals surface area contributed by atoms with E-state index in [4.69, 9.17) is 4.74 Å². The summed E-state index contributed by atoms with van der Waals surface area (Å²) in [5.74, 6) is -1.16. The zero-order valence-electron chi connectivity index (χ0n) is 13.3. The van der Waals surface area contributed by atoms with Gasteiger partial charge in [0.05, 0.1) is 0 Å². The van der Waals surface area contributed by atoms with Crippen molar-refractivity contribution in [1.29, 1.82) is 0 Å². The molecule has 2 aromatic heterocycles. The average Bonchev–Trinajstić information content (AvgIpc) is 3.14. The van der Waals surface area contributed by atoms with Gasteiger partial charge < -0.3 is 0 Å². The Balaban J connectivity index is 1.60. The van der Waals surface area contributed by atoms with Gasteiger partial charge in [0.2, 0.25) is 0 Å². The maximum atomic E-state index is 10.6. The molecule has 1 fully saturated rings. The molecule has 2 aromatic rings. The first-order valence-corrected chi connectivity index (χ1v) is 10.2. The molecule has 0 unspecified atom stereocenters. The van der Waals surface area contributed by atoms with Crippen molar-refractivity contribution in [3.8, 4) is 0 Å². The SMILES string of the molecule is [NH3+][C@@H](CC[Se]C[C@H]1O[C@@H](n2cnc3cncnc32)[C@H](O)[C@@H]1O)C(=O)[O-]. The van der Waals surface area contributed by atoms with Gasteiger partial charge >= 0.3 is 149 Å². The van der Waals surface area contributed by atoms with E-state index >= 15 is 0 Å². The topological polar surface area (TPSA) is 161 Å². The molecule has 0 aliphatic carbocycles. The first-order valence-electron chi connectivity index (χ1n) is 7.75. The van der Waals surface area contributed by atoms with Gasteiger partial charge in [-0.25, -0.2) is 0 Å². The Morgan fingerprint density at radius 1 is 1.44 bits per heavy atom. The standard InChI is InChI=1S/C14H19N5O5Se/c15-7(14(22)23)1-2-25-4-9-10(20)11(21)13(24-9)19-6-18-8-3-16-5-17-12(8)19/h3,5-7,9-11,13,20-21H,1-2,4,15H2,(H,22,23)/t7-,9+,10+,11+,13+/m0/s1. The minimum absolute atomic E-state index is 0.0603. The molecule has 1 aliphatic heterocycles. The molecule has 10 nitrogen and oxygen atoms in total. The van der Waals surface area contributed by atoms with Crippen molar-refractivity contribution in [3.05, 3.63) is 18.9 Å². The number of carboxylic acids is 1. The first-order chi connectivity index (χ1) is 12.0. The summed E-state index contributed by atoms with van der Waals surface area (Å²) < 4.78 is 7.41. The van der Waals surface area contributed by atoms with Crippen LogP contribution < -0.4 is 10.8 Å². The van der Waals surface area contributed by atoms with Gasteiger partial charge in [-0.1, -0.05) is 0 Å². The summed E-state index contributed by atoms with van der Waals surface area (Å²) in [5.41, 5.74) is 4.61. The summed E-state index contributed by atoms with van der Waals surface area (Å²) in [6.45, 7) is 0. The van der Waals surface area contributed by atoms with Gasteiger partial charge in [0.15, 0.2) is 0 Å². The van der Waals surface area contributed by atoms with Crippen LogP contribution >= 0.6 is 0 Å². The second kappa shape index (κ2) is 7.73. The molecule has 3 rings (SSSR count). The molecule has 0 bridgehead atoms. The number of rotatable bonds is 7. The fraction of sp³-hybridized carbons (Fsp3) is 0.571. The third-order valence-electron chi connectivity index (χ3n) is 4.08. The van der Waals surface area contributed by atoms with Crippen LogP contribution in [0, 0.1) is 0 Å². The van der Waals surface area contributed by atoms with E-state index in [9.17, 15) is 20.1 Å². The zero-order chi connectivity index (χ0) is 18.0. The molecule has 1 saturated heterocycles. The van der Waals surface area contributed by atoms with E-state index in [1.165, 1.54) is 12.7 Å². The number of aromatic nitrogens is 4. The van der Waals surface area contributed by atoms with Gasteiger partial charge in [-0.2, -0.15) is 0 Å². The average molecular weight is 416 g/mol. The van der Waals surface area contributed by atoms with E-state index in [2.05, 4.69) is 20.7 Å². The number of hydrogen-bond donors (Lipinski definition) is 3. The number of imidazole rings is 1. The summed E-state index contributed by atoms with van der Waals surface area (Å²) in [4.78, 5) is 22.8. The van der Waals surface area contributed by atoms with Crippen LogP contribution in [0.5, 0.6) is 0 Å². The summed E-state index contributed by atoms with van der Waals surface area (Å²) in [7, 11) is 0. The fourth-order valence-corrected chi connectivity index (χ4v) is 4.97. The number of hydrogen-bond acceptors (Lipinski definition) is 8. The summed E-state index contributed by atoms with van der Waals surface area (Å²) in [6.07, 6.45) is 1.44. The Hall–Kier alpha value is -1.62. The third-order valence-corrected chi connectivity index (χ3v) is 6.36. The van der Waals surface area contributed by atoms with Gasteiger partial charge in [-0.15, -0.1) is 0 Å². The van der Waals surface area contributed by atoms with Crippen LogP contribution in [0.2, 0.25) is 10.6 Å². The van der Waals surface area contributed by atoms with E-state index < -0.39 is 36.6 Å². The van der Waals surface area contributed by atoms with Crippen molar-refractivity contribution in [2.24, 2.45) is 0 Å². The number of aliphatic hydroxyl groups excluding tert-OH is 2. The molecule has 0 saturated carbocycles. The van der Waals surface area contributed by atoms with Crippen molar-refractivity contribution in [1.82, 2.24) is 19.5 Å². The normalized spacial score (nSPS) is 27.6. The number of nitrogens with zero attached hydrogens (tertiary/aromatic N) is 4. The number of carboxylic acid groups (broad SMARTS) is 1. The Morgan fingerprint density at radius 2 is 2.24 bits per heavy atom. The monoisotopic (exact) mass is 417 g/mol. The Bertz CT molecular complexity index is 743. The van der Waals surface area contributed by atoms with Crippen molar-refractivity contribution in [3.63, 3.8) is 0 Å². The van der Waals surface area contributed by atoms with Crippen LogP contribution in [-0.2, 0) is 9.53 Å². The number of carbonyl (C=O) groups is 1. The molecule has 0 spiro atoms. The molecule has 5 N–H and O–H groups in total. The van der Waals surface area contributed by atoms with Gasteiger partial charge in [0, 0.05) is 0 Å². The third kappa shape index (κ3) is 3.81. The van der Waals surface area contributed by atoms with Gasteiger partial charge in [-0.05, 0) is 0 Å². The molecule has 11 heteroatoms. The van der Waals surface area contributed by atoms with Crippen LogP contribution in [0.3, 0.4) is 0 Å². The van der Waals surface area contributed by atoms with Crippen molar-refractivity contribution >= 4 is 32.1 Å². The molecule has 5 atom stereocenters. The molecule has 1 aliphatic rings. The predicted octanol–water partition coefficient (Wildman–Crippen LogP) is -3.26. The van der Waals surface area contributed by atoms with E-state index in [-0.39, 0.29) is 15.0 Å². The Kier molecular flexibility index (Phi) is 5.62. The minimum atomic E-state index is -1.16. The Morgan fingerprint density at radius 3 is 3.00 bits per heavy atom. The van der Waals surface area contributed by atoms with Gasteiger partial charge in [0.1, 0.15) is 0 Å². The molecule has 0 amide bonds. The van der Waals surface area contributed by atoms with Crippen molar-refractivity contribution < 1.29 is 30.6 Å². The second-order valence-corrected chi connectivity index (χ2v) is 8.22. The number of aliphatic hydroxyl groups is 2. The zero-order valence-corrected chi connectivity index (χ0v) is 15.0. The molecular formula is C14H19N5O5Se. The quantitative estimate of drug-likeness (QED) is 0.313. The van der Waals surface area contributed by atoms with E-state index in [1.807, 2.05) is 0 Å². The Labute approximate surface area is 149 Å². The number of ether oxygens (including phenoxy) is 1. The summed E-state index contributed by atoms with van der Waals surface area (Å²) in [5, 5.41) is 32.5. The van der Waals surface area contributed by atoms with Crippen LogP contribution in [0.15, 0.2) is 18.9 Å². The number of fused-ring (bicyclic) bond motifs is 1. The second-order valence-electron chi connectivity index (χ2n) is 5.81. The molecule has 0 radical (unpaired) electrons. The van der Waals surface area contributed by atoms with Crippen molar-refractivity contribution in [2.45, 2.75) is 47.6 Å². The molecule has 25 heavy (non-hydrogen) atoms. The van der Waals surface area contributed by atoms with Gasteiger partial charge in [0.25, 0.3) is 0 Å². The van der Waals surface area contributed by atoms with E-state index in [0.29, 0.717) is 28.2 Å². The van der Waals surface area contributed by atoms with E-state index in [0.717, 1.165) is 0 Å². The fourth-order valence-electron chi connectivity index (χ4n) is 2.61. The number of carbonyl (C=O) groups excluding carboxylic acids is 1. The van der Waals surface area contributed by atoms with Crippen LogP contribution in [0.25, 0.3) is 11.2 Å². The molecular weight excluding hydrogens is 397 g/mol. The number of aliphatic carboxylic acids is 1. The maximum absolute atomic E-state index is 10.6. The molecule has 0 aromatic carbocycles. The predicted molar refractivity (Wildman–Crippen MR) is 82.9 cm³/mol. The summed E-state index contributed by atoms with van der Waals surface area (Å²) in [6, 6.07) is -0.730.